The Bertz CT molecular complexity index is 664. The standard InChI is InChI=1S/C14H15NO3S2/c1-2-12(11-7-4-3-5-8-11)14(16)15-20(17,18)13-9-6-10-19-13/h3-10,12H,2H2,1H3,(H,15,16)/t12-/m1/s1. The average Bonchev–Trinajstić information content (AvgIpc) is 2.95. The van der Waals surface area contributed by atoms with E-state index in [-0.39, 0.29) is 4.21 Å². The largest absolute Gasteiger partial charge is 0.273 e. The van der Waals surface area contributed by atoms with Gasteiger partial charge in [0.15, 0.2) is 0 Å². The maximum Gasteiger partial charge on any atom is 0.273 e. The van der Waals surface area contributed by atoms with E-state index >= 15 is 0 Å². The molecule has 2 rings (SSSR count). The van der Waals surface area contributed by atoms with Gasteiger partial charge in [0.1, 0.15) is 4.21 Å². The zero-order valence-electron chi connectivity index (χ0n) is 10.9. The molecule has 1 heterocycles. The molecule has 6 heteroatoms. The van der Waals surface area contributed by atoms with Gasteiger partial charge in [-0.25, -0.2) is 13.1 Å². The summed E-state index contributed by atoms with van der Waals surface area (Å²) in [5.74, 6) is -0.960. The first-order valence-corrected chi connectivity index (χ1v) is 8.56. The SMILES string of the molecule is CC[C@@H](C(=O)NS(=O)(=O)c1cccs1)c1ccccc1. The van der Waals surface area contributed by atoms with E-state index in [9.17, 15) is 13.2 Å². The van der Waals surface area contributed by atoms with Crippen LogP contribution in [0.4, 0.5) is 0 Å². The predicted octanol–water partition coefficient (Wildman–Crippen LogP) is 2.75. The van der Waals surface area contributed by atoms with Gasteiger partial charge in [0, 0.05) is 0 Å². The Labute approximate surface area is 122 Å². The van der Waals surface area contributed by atoms with Crippen molar-refractivity contribution in [3.05, 3.63) is 53.4 Å². The first-order valence-electron chi connectivity index (χ1n) is 6.19. The number of benzene rings is 1. The van der Waals surface area contributed by atoms with Crippen molar-refractivity contribution in [2.75, 3.05) is 0 Å². The molecule has 1 amide bonds. The van der Waals surface area contributed by atoms with E-state index in [0.717, 1.165) is 16.9 Å². The van der Waals surface area contributed by atoms with Crippen LogP contribution in [0.5, 0.6) is 0 Å². The van der Waals surface area contributed by atoms with E-state index in [2.05, 4.69) is 4.72 Å². The number of nitrogens with one attached hydrogen (secondary N) is 1. The van der Waals surface area contributed by atoms with Gasteiger partial charge in [-0.2, -0.15) is 0 Å². The molecule has 2 aromatic rings. The van der Waals surface area contributed by atoms with Crippen molar-refractivity contribution in [2.24, 2.45) is 0 Å². The van der Waals surface area contributed by atoms with Crippen molar-refractivity contribution in [1.82, 2.24) is 4.72 Å². The second kappa shape index (κ2) is 6.19. The van der Waals surface area contributed by atoms with Crippen molar-refractivity contribution in [2.45, 2.75) is 23.5 Å². The zero-order valence-corrected chi connectivity index (χ0v) is 12.6. The van der Waals surface area contributed by atoms with Crippen LogP contribution in [0.25, 0.3) is 0 Å². The molecular formula is C14H15NO3S2. The second-order valence-corrected chi connectivity index (χ2v) is 7.13. The molecule has 0 aliphatic heterocycles. The lowest BCUT2D eigenvalue weighted by Gasteiger charge is -2.15. The molecule has 0 unspecified atom stereocenters. The van der Waals surface area contributed by atoms with Crippen molar-refractivity contribution in [3.63, 3.8) is 0 Å². The molecule has 0 aliphatic carbocycles. The number of rotatable bonds is 5. The van der Waals surface area contributed by atoms with E-state index in [1.165, 1.54) is 6.07 Å². The summed E-state index contributed by atoms with van der Waals surface area (Å²) < 4.78 is 26.4. The van der Waals surface area contributed by atoms with Crippen molar-refractivity contribution < 1.29 is 13.2 Å². The number of amides is 1. The molecule has 20 heavy (non-hydrogen) atoms. The monoisotopic (exact) mass is 309 g/mol. The van der Waals surface area contributed by atoms with Crippen molar-refractivity contribution >= 4 is 27.3 Å². The molecule has 0 aliphatic rings. The maximum atomic E-state index is 12.2. The van der Waals surface area contributed by atoms with Gasteiger partial charge < -0.3 is 0 Å². The molecule has 1 atom stereocenters. The molecular weight excluding hydrogens is 294 g/mol. The van der Waals surface area contributed by atoms with Crippen LogP contribution in [0.2, 0.25) is 0 Å². The van der Waals surface area contributed by atoms with Gasteiger partial charge in [0.05, 0.1) is 5.92 Å². The number of hydrogen-bond acceptors (Lipinski definition) is 4. The highest BCUT2D eigenvalue weighted by Crippen LogP contribution is 2.21. The Balaban J connectivity index is 2.19. The van der Waals surface area contributed by atoms with Crippen LogP contribution in [-0.4, -0.2) is 14.3 Å². The molecule has 1 aromatic heterocycles. The number of thiophene rings is 1. The smallest absolute Gasteiger partial charge is 0.273 e. The van der Waals surface area contributed by atoms with Crippen LogP contribution < -0.4 is 4.72 Å². The number of carbonyl (C=O) groups is 1. The molecule has 4 nitrogen and oxygen atoms in total. The summed E-state index contributed by atoms with van der Waals surface area (Å²) in [6.07, 6.45) is 0.538. The Kier molecular flexibility index (Phi) is 4.57. The fourth-order valence-electron chi connectivity index (χ4n) is 1.93. The minimum absolute atomic E-state index is 0.147. The van der Waals surface area contributed by atoms with Crippen LogP contribution in [0.1, 0.15) is 24.8 Å². The van der Waals surface area contributed by atoms with E-state index in [4.69, 9.17) is 0 Å². The summed E-state index contributed by atoms with van der Waals surface area (Å²) in [5.41, 5.74) is 0.814. The van der Waals surface area contributed by atoms with E-state index in [0.29, 0.717) is 6.42 Å². The van der Waals surface area contributed by atoms with Crippen molar-refractivity contribution in [3.8, 4) is 0 Å². The highest BCUT2D eigenvalue weighted by molar-refractivity contribution is 7.92. The number of carbonyl (C=O) groups excluding carboxylic acids is 1. The summed E-state index contributed by atoms with van der Waals surface area (Å²) in [6.45, 7) is 1.86. The van der Waals surface area contributed by atoms with Crippen LogP contribution in [0.15, 0.2) is 52.1 Å². The summed E-state index contributed by atoms with van der Waals surface area (Å²) in [4.78, 5) is 12.2. The molecule has 0 spiro atoms. The quantitative estimate of drug-likeness (QED) is 0.923. The predicted molar refractivity (Wildman–Crippen MR) is 79.1 cm³/mol. The first-order chi connectivity index (χ1) is 9.54. The summed E-state index contributed by atoms with van der Waals surface area (Å²) in [6, 6.07) is 12.3. The molecule has 0 saturated carbocycles. The molecule has 0 fully saturated rings. The van der Waals surface area contributed by atoms with Crippen LogP contribution in [-0.2, 0) is 14.8 Å². The van der Waals surface area contributed by atoms with Crippen LogP contribution in [0, 0.1) is 0 Å². The van der Waals surface area contributed by atoms with Gasteiger partial charge in [-0.1, -0.05) is 43.3 Å². The van der Waals surface area contributed by atoms with Gasteiger partial charge in [0.2, 0.25) is 5.91 Å². The number of sulfonamides is 1. The fourth-order valence-corrected chi connectivity index (χ4v) is 3.94. The fraction of sp³-hybridized carbons (Fsp3) is 0.214. The lowest BCUT2D eigenvalue weighted by molar-refractivity contribution is -0.120. The lowest BCUT2D eigenvalue weighted by Crippen LogP contribution is -2.34. The normalized spacial score (nSPS) is 12.8. The van der Waals surface area contributed by atoms with Crippen LogP contribution >= 0.6 is 11.3 Å². The van der Waals surface area contributed by atoms with Gasteiger partial charge in [-0.05, 0) is 23.4 Å². The third-order valence-electron chi connectivity index (χ3n) is 2.92. The Morgan fingerprint density at radius 1 is 1.20 bits per heavy atom. The number of hydrogen-bond donors (Lipinski definition) is 1. The summed E-state index contributed by atoms with van der Waals surface area (Å²) >= 11 is 1.08. The van der Waals surface area contributed by atoms with E-state index in [1.54, 1.807) is 11.4 Å². The Morgan fingerprint density at radius 3 is 2.45 bits per heavy atom. The maximum absolute atomic E-state index is 12.2. The highest BCUT2D eigenvalue weighted by atomic mass is 32.2. The molecule has 1 aromatic carbocycles. The topological polar surface area (TPSA) is 63.2 Å². The van der Waals surface area contributed by atoms with Gasteiger partial charge >= 0.3 is 0 Å². The third kappa shape index (κ3) is 3.26. The zero-order chi connectivity index (χ0) is 14.6. The van der Waals surface area contributed by atoms with Gasteiger partial charge in [0.25, 0.3) is 10.0 Å². The minimum atomic E-state index is -3.76. The average molecular weight is 309 g/mol. The summed E-state index contributed by atoms with van der Waals surface area (Å²) in [7, 11) is -3.76. The molecule has 1 N–H and O–H groups in total. The molecule has 0 bridgehead atoms. The lowest BCUT2D eigenvalue weighted by atomic mass is 9.96. The highest BCUT2D eigenvalue weighted by Gasteiger charge is 2.25. The second-order valence-electron chi connectivity index (χ2n) is 4.27. The van der Waals surface area contributed by atoms with Gasteiger partial charge in [-0.3, -0.25) is 4.79 Å². The first kappa shape index (κ1) is 14.7. The Morgan fingerprint density at radius 2 is 1.90 bits per heavy atom. The summed E-state index contributed by atoms with van der Waals surface area (Å²) in [5, 5.41) is 1.66. The molecule has 0 radical (unpaired) electrons. The van der Waals surface area contributed by atoms with Crippen LogP contribution in [0.3, 0.4) is 0 Å². The van der Waals surface area contributed by atoms with Gasteiger partial charge in [-0.15, -0.1) is 11.3 Å². The third-order valence-corrected chi connectivity index (χ3v) is 5.67. The van der Waals surface area contributed by atoms with E-state index < -0.39 is 21.8 Å². The van der Waals surface area contributed by atoms with Crippen molar-refractivity contribution in [1.29, 1.82) is 0 Å². The molecule has 0 saturated heterocycles. The molecule has 106 valence electrons. The Hall–Kier alpha value is -1.66. The minimum Gasteiger partial charge on any atom is -0.273 e. The van der Waals surface area contributed by atoms with E-state index in [1.807, 2.05) is 37.3 Å².